The highest BCUT2D eigenvalue weighted by molar-refractivity contribution is 5.73. The van der Waals surface area contributed by atoms with Gasteiger partial charge >= 0.3 is 6.03 Å². The zero-order valence-corrected chi connectivity index (χ0v) is 12.8. The Bertz CT molecular complexity index is 624. The third-order valence-corrected chi connectivity index (χ3v) is 3.60. The van der Waals surface area contributed by atoms with Crippen molar-refractivity contribution >= 4 is 11.8 Å². The van der Waals surface area contributed by atoms with E-state index < -0.39 is 0 Å². The topological polar surface area (TPSA) is 79.6 Å². The molecule has 122 valence electrons. The van der Waals surface area contributed by atoms with E-state index >= 15 is 0 Å². The molecule has 2 N–H and O–H groups in total. The first kappa shape index (κ1) is 15.4. The van der Waals surface area contributed by atoms with Crippen LogP contribution in [0.3, 0.4) is 0 Å². The van der Waals surface area contributed by atoms with E-state index in [4.69, 9.17) is 9.15 Å². The Labute approximate surface area is 134 Å². The van der Waals surface area contributed by atoms with Gasteiger partial charge in [-0.05, 0) is 29.8 Å². The summed E-state index contributed by atoms with van der Waals surface area (Å²) in [5.41, 5.74) is 1.01. The highest BCUT2D eigenvalue weighted by atomic mass is 16.5. The number of ether oxygens (including phenoxy) is 1. The normalized spacial score (nSPS) is 14.5. The quantitative estimate of drug-likeness (QED) is 0.874. The van der Waals surface area contributed by atoms with E-state index in [1.807, 2.05) is 18.2 Å². The number of nitrogens with one attached hydrogen (secondary N) is 2. The first-order valence-corrected chi connectivity index (χ1v) is 7.63. The van der Waals surface area contributed by atoms with E-state index in [9.17, 15) is 4.79 Å². The van der Waals surface area contributed by atoms with Crippen molar-refractivity contribution < 1.29 is 13.9 Å². The molecule has 7 nitrogen and oxygen atoms in total. The fourth-order valence-electron chi connectivity index (χ4n) is 2.36. The van der Waals surface area contributed by atoms with E-state index in [1.165, 1.54) is 0 Å². The molecule has 0 bridgehead atoms. The van der Waals surface area contributed by atoms with E-state index in [2.05, 4.69) is 20.5 Å². The predicted molar refractivity (Wildman–Crippen MR) is 85.1 cm³/mol. The van der Waals surface area contributed by atoms with Gasteiger partial charge in [0.1, 0.15) is 11.6 Å². The van der Waals surface area contributed by atoms with Gasteiger partial charge in [-0.25, -0.2) is 9.78 Å². The number of hydrogen-bond donors (Lipinski definition) is 2. The lowest BCUT2D eigenvalue weighted by Crippen LogP contribution is -2.37. The first-order chi connectivity index (χ1) is 11.3. The maximum atomic E-state index is 11.8. The Kier molecular flexibility index (Phi) is 5.10. The molecule has 3 heterocycles. The van der Waals surface area contributed by atoms with E-state index in [-0.39, 0.29) is 6.03 Å². The SMILES string of the molecule is O=C(NCc1ccnc(N2CCOCC2)c1)NCc1ccco1. The summed E-state index contributed by atoms with van der Waals surface area (Å²) in [5.74, 6) is 1.64. The van der Waals surface area contributed by atoms with Crippen LogP contribution in [0.2, 0.25) is 0 Å². The maximum absolute atomic E-state index is 11.8. The number of hydrogen-bond acceptors (Lipinski definition) is 5. The number of pyridine rings is 1. The number of anilines is 1. The minimum Gasteiger partial charge on any atom is -0.467 e. The van der Waals surface area contributed by atoms with Crippen molar-refractivity contribution in [3.8, 4) is 0 Å². The van der Waals surface area contributed by atoms with Crippen LogP contribution in [0, 0.1) is 0 Å². The Morgan fingerprint density at radius 1 is 1.22 bits per heavy atom. The monoisotopic (exact) mass is 316 g/mol. The molecule has 0 radical (unpaired) electrons. The number of nitrogens with zero attached hydrogens (tertiary/aromatic N) is 2. The molecule has 0 spiro atoms. The van der Waals surface area contributed by atoms with Crippen molar-refractivity contribution in [2.45, 2.75) is 13.1 Å². The zero-order chi connectivity index (χ0) is 15.9. The van der Waals surface area contributed by atoms with Crippen LogP contribution in [-0.2, 0) is 17.8 Å². The lowest BCUT2D eigenvalue weighted by Gasteiger charge is -2.28. The Hall–Kier alpha value is -2.54. The van der Waals surface area contributed by atoms with Gasteiger partial charge in [0.05, 0.1) is 26.0 Å². The molecule has 1 aliphatic heterocycles. The van der Waals surface area contributed by atoms with Crippen molar-refractivity contribution in [3.63, 3.8) is 0 Å². The molecule has 1 fully saturated rings. The lowest BCUT2D eigenvalue weighted by atomic mass is 10.2. The number of amides is 2. The van der Waals surface area contributed by atoms with Crippen molar-refractivity contribution in [2.24, 2.45) is 0 Å². The molecule has 0 atom stereocenters. The number of carbonyl (C=O) groups excluding carboxylic acids is 1. The standard InChI is InChI=1S/C16H20N4O3/c21-16(19-12-14-2-1-7-23-14)18-11-13-3-4-17-15(10-13)20-5-8-22-9-6-20/h1-4,7,10H,5-6,8-9,11-12H2,(H2,18,19,21). The average molecular weight is 316 g/mol. The molecule has 2 aromatic heterocycles. The molecular formula is C16H20N4O3. The van der Waals surface area contributed by atoms with Crippen LogP contribution in [0.5, 0.6) is 0 Å². The molecule has 2 amide bonds. The number of morpholine rings is 1. The Morgan fingerprint density at radius 2 is 2.04 bits per heavy atom. The third-order valence-electron chi connectivity index (χ3n) is 3.60. The fourth-order valence-corrected chi connectivity index (χ4v) is 2.36. The van der Waals surface area contributed by atoms with Crippen molar-refractivity contribution in [1.29, 1.82) is 0 Å². The minimum atomic E-state index is -0.230. The van der Waals surface area contributed by atoms with E-state index in [0.717, 1.165) is 43.4 Å². The van der Waals surface area contributed by atoms with E-state index in [1.54, 1.807) is 18.5 Å². The minimum absolute atomic E-state index is 0.230. The molecule has 0 saturated carbocycles. The van der Waals surface area contributed by atoms with Crippen LogP contribution in [0.25, 0.3) is 0 Å². The number of carbonyl (C=O) groups is 1. The van der Waals surface area contributed by atoms with Crippen LogP contribution in [0.4, 0.5) is 10.6 Å². The van der Waals surface area contributed by atoms with Crippen molar-refractivity contribution in [2.75, 3.05) is 31.2 Å². The summed E-state index contributed by atoms with van der Waals surface area (Å²) in [4.78, 5) is 18.4. The molecule has 0 unspecified atom stereocenters. The van der Waals surface area contributed by atoms with Gasteiger partial charge in [0.15, 0.2) is 0 Å². The summed E-state index contributed by atoms with van der Waals surface area (Å²) >= 11 is 0. The summed E-state index contributed by atoms with van der Waals surface area (Å²) in [5, 5.41) is 5.58. The predicted octanol–water partition coefficient (Wildman–Crippen LogP) is 1.51. The molecule has 1 saturated heterocycles. The summed E-state index contributed by atoms with van der Waals surface area (Å²) < 4.78 is 10.5. The molecule has 0 aromatic carbocycles. The summed E-state index contributed by atoms with van der Waals surface area (Å²) in [6.07, 6.45) is 3.35. The highest BCUT2D eigenvalue weighted by Crippen LogP contribution is 2.14. The van der Waals surface area contributed by atoms with Gasteiger partial charge in [0.25, 0.3) is 0 Å². The van der Waals surface area contributed by atoms with Crippen LogP contribution in [0.1, 0.15) is 11.3 Å². The largest absolute Gasteiger partial charge is 0.467 e. The van der Waals surface area contributed by atoms with Crippen LogP contribution < -0.4 is 15.5 Å². The molecule has 3 rings (SSSR count). The summed E-state index contributed by atoms with van der Waals surface area (Å²) in [6, 6.07) is 7.28. The average Bonchev–Trinajstić information content (AvgIpc) is 3.13. The summed E-state index contributed by atoms with van der Waals surface area (Å²) in [7, 11) is 0. The van der Waals surface area contributed by atoms with Gasteiger partial charge in [0.2, 0.25) is 0 Å². The smallest absolute Gasteiger partial charge is 0.315 e. The van der Waals surface area contributed by atoms with Crippen molar-refractivity contribution in [1.82, 2.24) is 15.6 Å². The molecular weight excluding hydrogens is 296 g/mol. The van der Waals surface area contributed by atoms with Gasteiger partial charge in [0, 0.05) is 25.8 Å². The van der Waals surface area contributed by atoms with E-state index in [0.29, 0.717) is 13.1 Å². The first-order valence-electron chi connectivity index (χ1n) is 7.63. The van der Waals surface area contributed by atoms with Gasteiger partial charge in [-0.3, -0.25) is 0 Å². The number of aromatic nitrogens is 1. The molecule has 23 heavy (non-hydrogen) atoms. The Balaban J connectivity index is 1.48. The van der Waals surface area contributed by atoms with Gasteiger partial charge in [-0.1, -0.05) is 0 Å². The second-order valence-corrected chi connectivity index (χ2v) is 5.24. The second kappa shape index (κ2) is 7.64. The number of furan rings is 1. The highest BCUT2D eigenvalue weighted by Gasteiger charge is 2.12. The zero-order valence-electron chi connectivity index (χ0n) is 12.8. The lowest BCUT2D eigenvalue weighted by molar-refractivity contribution is 0.122. The maximum Gasteiger partial charge on any atom is 0.315 e. The Morgan fingerprint density at radius 3 is 2.83 bits per heavy atom. The third kappa shape index (κ3) is 4.46. The van der Waals surface area contributed by atoms with Crippen LogP contribution in [-0.4, -0.2) is 37.3 Å². The number of urea groups is 1. The molecule has 1 aliphatic rings. The molecule has 0 aliphatic carbocycles. The van der Waals surface area contributed by atoms with Gasteiger partial charge < -0.3 is 24.7 Å². The summed E-state index contributed by atoms with van der Waals surface area (Å²) in [6.45, 7) is 3.94. The second-order valence-electron chi connectivity index (χ2n) is 5.24. The van der Waals surface area contributed by atoms with Crippen molar-refractivity contribution in [3.05, 3.63) is 48.0 Å². The van der Waals surface area contributed by atoms with Gasteiger partial charge in [-0.2, -0.15) is 0 Å². The molecule has 2 aromatic rings. The molecule has 7 heteroatoms. The van der Waals surface area contributed by atoms with Crippen LogP contribution in [0.15, 0.2) is 41.1 Å². The van der Waals surface area contributed by atoms with Crippen LogP contribution >= 0.6 is 0 Å². The fraction of sp³-hybridized carbons (Fsp3) is 0.375. The van der Waals surface area contributed by atoms with Gasteiger partial charge in [-0.15, -0.1) is 0 Å². The number of rotatable bonds is 5.